The molecular formula is C65H105IN14O10Si3. The standard InChI is InChI=1S/2C20H32N4O3Si.C11H22N2OSi.C9H11IN2O2.C5H8N2O/c1-7-11-26-24-18-13-17(14-22(15-18)19(24)25)23-10-8-16(21-23)9-12-27-28(5,6)20(2,3)4;1-7-11-26-24-18-13-17(14-22(15-18)19(24)25)23-16(8-10-21-23)9-12-27-28(5,6)20(2,3)4;1-11(2,3)15(4,5)14-9-7-10-6-8-12-13-10;1-2-3-14-12-8-4-7(10)5-11(6-8)9(12)13;8-4-2-5-1-3-6-7-5/h2*7-8,10,13,18H,1,9,11-12,14-15H2,2-6H3;6,8H,7,9H2,1-5H3,(H,12,13);2,4,8H,1,3,5-6H2;1,3,8H,2,4H2,(H,6,7). The molecule has 6 amide bonds. The Morgan fingerprint density at radius 2 is 0.989 bits per heavy atom. The van der Waals surface area contributed by atoms with Crippen molar-refractivity contribution in [1.29, 1.82) is 0 Å². The molecule has 0 aromatic carbocycles. The van der Waals surface area contributed by atoms with E-state index in [4.69, 9.17) is 38.0 Å². The molecular weight excluding hydrogens is 1350 g/mol. The van der Waals surface area contributed by atoms with Crippen LogP contribution in [0.3, 0.4) is 0 Å². The molecule has 3 N–H and O–H groups in total. The number of halogens is 1. The van der Waals surface area contributed by atoms with Gasteiger partial charge in [0.15, 0.2) is 25.0 Å². The van der Waals surface area contributed by atoms with E-state index in [1.807, 2.05) is 46.0 Å². The molecule has 3 atom stereocenters. The minimum absolute atomic E-state index is 0.0419. The van der Waals surface area contributed by atoms with Gasteiger partial charge in [-0.25, -0.2) is 23.7 Å². The van der Waals surface area contributed by atoms with Crippen LogP contribution in [0.5, 0.6) is 0 Å². The van der Waals surface area contributed by atoms with E-state index in [1.54, 1.807) is 45.3 Å². The predicted octanol–water partition coefficient (Wildman–Crippen LogP) is 11.5. The lowest BCUT2D eigenvalue weighted by atomic mass is 10.2. The van der Waals surface area contributed by atoms with Crippen molar-refractivity contribution in [3.05, 3.63) is 132 Å². The van der Waals surface area contributed by atoms with Crippen LogP contribution in [0, 0.1) is 0 Å². The highest BCUT2D eigenvalue weighted by Crippen LogP contribution is 2.39. The van der Waals surface area contributed by atoms with Gasteiger partial charge in [0.2, 0.25) is 0 Å². The molecule has 0 radical (unpaired) electrons. The van der Waals surface area contributed by atoms with Crippen molar-refractivity contribution in [3.8, 4) is 0 Å². The Bertz CT molecular complexity index is 3160. The Hall–Kier alpha value is -5.81. The summed E-state index contributed by atoms with van der Waals surface area (Å²) in [6.07, 6.45) is 21.5. The molecule has 514 valence electrons. The van der Waals surface area contributed by atoms with E-state index >= 15 is 0 Å². The first-order chi connectivity index (χ1) is 43.7. The van der Waals surface area contributed by atoms with Crippen molar-refractivity contribution in [2.45, 2.75) is 161 Å². The molecule has 3 fully saturated rings. The number of carbonyl (C=O) groups excluding carboxylic acids is 3. The highest BCUT2D eigenvalue weighted by atomic mass is 127. The lowest BCUT2D eigenvalue weighted by molar-refractivity contribution is -0.107. The van der Waals surface area contributed by atoms with Crippen LogP contribution in [0.1, 0.15) is 85.1 Å². The summed E-state index contributed by atoms with van der Waals surface area (Å²) in [5, 5.41) is 35.9. The third-order valence-corrected chi connectivity index (χ3v) is 32.3. The van der Waals surface area contributed by atoms with Gasteiger partial charge in [-0.1, -0.05) is 80.5 Å². The van der Waals surface area contributed by atoms with Crippen LogP contribution in [0.15, 0.2) is 109 Å². The van der Waals surface area contributed by atoms with Crippen LogP contribution >= 0.6 is 22.6 Å². The van der Waals surface area contributed by atoms with E-state index in [9.17, 15) is 14.4 Å². The fourth-order valence-electron chi connectivity index (χ4n) is 9.55. The van der Waals surface area contributed by atoms with Gasteiger partial charge >= 0.3 is 18.1 Å². The first kappa shape index (κ1) is 76.2. The Morgan fingerprint density at radius 1 is 0.570 bits per heavy atom. The van der Waals surface area contributed by atoms with Crippen LogP contribution in [0.4, 0.5) is 14.4 Å². The van der Waals surface area contributed by atoms with Gasteiger partial charge in [-0.3, -0.25) is 24.7 Å². The summed E-state index contributed by atoms with van der Waals surface area (Å²) in [7, 11) is -5.08. The zero-order valence-corrected chi connectivity index (χ0v) is 63.0. The fourth-order valence-corrected chi connectivity index (χ4v) is 13.5. The maximum absolute atomic E-state index is 12.5. The van der Waals surface area contributed by atoms with Crippen LogP contribution < -0.4 is 0 Å². The molecule has 4 aromatic rings. The first-order valence-electron chi connectivity index (χ1n) is 32.1. The number of hydroxylamine groups is 6. The average molecular weight is 1450 g/mol. The third kappa shape index (κ3) is 21.1. The van der Waals surface area contributed by atoms with E-state index in [-0.39, 0.29) is 52.9 Å². The molecule has 6 aliphatic rings. The lowest BCUT2D eigenvalue weighted by Gasteiger charge is -2.36. The van der Waals surface area contributed by atoms with E-state index in [2.05, 4.69) is 188 Å². The summed E-state index contributed by atoms with van der Waals surface area (Å²) in [6.45, 7) is 51.9. The summed E-state index contributed by atoms with van der Waals surface area (Å²) in [5.41, 5.74) is 6.21. The van der Waals surface area contributed by atoms with Crippen LogP contribution in [0.2, 0.25) is 54.4 Å². The second-order valence-corrected chi connectivity index (χ2v) is 43.9. The molecule has 10 heterocycles. The zero-order valence-electron chi connectivity index (χ0n) is 57.8. The molecule has 0 saturated carbocycles. The predicted molar refractivity (Wildman–Crippen MR) is 380 cm³/mol. The van der Waals surface area contributed by atoms with Gasteiger partial charge in [0.25, 0.3) is 0 Å². The molecule has 28 heteroatoms. The van der Waals surface area contributed by atoms with Crippen molar-refractivity contribution in [3.63, 3.8) is 0 Å². The number of amides is 6. The molecule has 93 heavy (non-hydrogen) atoms. The first-order valence-corrected chi connectivity index (χ1v) is 41.9. The number of rotatable bonds is 25. The summed E-state index contributed by atoms with van der Waals surface area (Å²) in [6, 6.07) is 7.52. The minimum atomic E-state index is -1.77. The van der Waals surface area contributed by atoms with Crippen LogP contribution in [-0.4, -0.2) is 222 Å². The molecule has 0 spiro atoms. The SMILES string of the molecule is C=CCON1C(=O)N2CC(I)=CC1C2.C=CCON1C(=O)N2CC(n3ccc(CCO[Si](C)(C)C(C)(C)C)n3)=CC1C2.C=CCON1C(=O)N2CC(n3nccc3CCO[Si](C)(C)C(C)(C)C)=CC1C2.CC(C)(C)[Si](C)(C)OCCc1ccn[nH]1.OCCc1ccn[nH]1. The molecule has 6 aliphatic heterocycles. The van der Waals surface area contributed by atoms with Crippen molar-refractivity contribution >= 4 is 77.0 Å². The van der Waals surface area contributed by atoms with Gasteiger partial charge in [0, 0.05) is 117 Å². The smallest absolute Gasteiger partial charge is 0.345 e. The summed E-state index contributed by atoms with van der Waals surface area (Å²) in [4.78, 5) is 58.3. The van der Waals surface area contributed by atoms with Crippen molar-refractivity contribution < 1.29 is 47.3 Å². The fraction of sp³-hybridized carbons (Fsp3) is 0.585. The number of carbonyl (C=O) groups is 3. The molecule has 4 aromatic heterocycles. The highest BCUT2D eigenvalue weighted by Gasteiger charge is 2.45. The van der Waals surface area contributed by atoms with Crippen molar-refractivity contribution in [2.24, 2.45) is 0 Å². The minimum Gasteiger partial charge on any atom is -0.416 e. The van der Waals surface area contributed by atoms with Gasteiger partial charge < -0.3 is 33.1 Å². The Labute approximate surface area is 568 Å². The number of aromatic amines is 2. The number of fused-ring (bicyclic) bond motifs is 6. The quantitative estimate of drug-likeness (QED) is 0.0318. The Morgan fingerprint density at radius 3 is 1.43 bits per heavy atom. The molecule has 6 bridgehead atoms. The number of H-pyrrole nitrogens is 2. The highest BCUT2D eigenvalue weighted by molar-refractivity contribution is 14.1. The van der Waals surface area contributed by atoms with Gasteiger partial charge in [-0.2, -0.15) is 35.6 Å². The molecule has 3 unspecified atom stereocenters. The zero-order chi connectivity index (χ0) is 68.5. The van der Waals surface area contributed by atoms with E-state index < -0.39 is 25.0 Å². The van der Waals surface area contributed by atoms with E-state index in [1.165, 1.54) is 18.8 Å². The number of hydrogen-bond donors (Lipinski definition) is 3. The summed E-state index contributed by atoms with van der Waals surface area (Å²) >= 11 is 2.25. The number of urea groups is 3. The summed E-state index contributed by atoms with van der Waals surface area (Å²) < 4.78 is 23.6. The van der Waals surface area contributed by atoms with Crippen LogP contribution in [-0.2, 0) is 53.5 Å². The van der Waals surface area contributed by atoms with Gasteiger partial charge in [0.05, 0.1) is 74.7 Å². The number of aliphatic hydroxyl groups is 1. The topological polar surface area (TPSA) is 239 Å². The van der Waals surface area contributed by atoms with Gasteiger partial charge in [-0.05, 0) is 119 Å². The number of nitrogens with one attached hydrogen (secondary N) is 2. The van der Waals surface area contributed by atoms with Gasteiger partial charge in [-0.15, -0.1) is 19.7 Å². The molecule has 10 rings (SSSR count). The lowest BCUT2D eigenvalue weighted by Crippen LogP contribution is -2.41. The Kier molecular flexibility index (Phi) is 27.6. The normalized spacial score (nSPS) is 18.8. The monoisotopic (exact) mass is 1450 g/mol. The number of aromatic nitrogens is 8. The van der Waals surface area contributed by atoms with Crippen LogP contribution in [0.25, 0.3) is 11.4 Å². The van der Waals surface area contributed by atoms with Crippen molar-refractivity contribution in [1.82, 2.24) is 69.8 Å². The maximum atomic E-state index is 12.5. The number of aliphatic hydroxyl groups excluding tert-OH is 1. The molecule has 24 nitrogen and oxygen atoms in total. The number of nitrogens with zero attached hydrogens (tertiary/aromatic N) is 12. The second kappa shape index (κ2) is 33.7. The average Bonchev–Trinajstić information content (AvgIpc) is 1.65. The Balaban J connectivity index is 0.000000196. The largest absolute Gasteiger partial charge is 0.416 e. The van der Waals surface area contributed by atoms with E-state index in [0.29, 0.717) is 77.2 Å². The summed E-state index contributed by atoms with van der Waals surface area (Å²) in [5.74, 6) is 0. The molecule has 3 saturated heterocycles. The maximum Gasteiger partial charge on any atom is 0.345 e. The second-order valence-electron chi connectivity index (χ2n) is 28.1. The molecule has 0 aliphatic carbocycles. The van der Waals surface area contributed by atoms with Gasteiger partial charge in [0.1, 0.15) is 0 Å². The van der Waals surface area contributed by atoms with E-state index in [0.717, 1.165) is 66.6 Å². The number of hydrogen-bond acceptors (Lipinski definition) is 14. The van der Waals surface area contributed by atoms with Crippen molar-refractivity contribution in [2.75, 3.05) is 85.5 Å². The third-order valence-electron chi connectivity index (χ3n) is 18.0.